The van der Waals surface area contributed by atoms with Crippen LogP contribution in [0.15, 0.2) is 63.1 Å². The second kappa shape index (κ2) is 10.2. The van der Waals surface area contributed by atoms with Gasteiger partial charge in [-0.25, -0.2) is 4.98 Å². The zero-order valence-corrected chi connectivity index (χ0v) is 19.4. The number of carbonyl (C=O) groups is 1. The first-order valence-electron chi connectivity index (χ1n) is 10.4. The van der Waals surface area contributed by atoms with E-state index in [4.69, 9.17) is 0 Å². The van der Waals surface area contributed by atoms with Gasteiger partial charge in [-0.15, -0.1) is 11.3 Å². The lowest BCUT2D eigenvalue weighted by Crippen LogP contribution is -2.35. The van der Waals surface area contributed by atoms with Gasteiger partial charge in [0.05, 0.1) is 9.82 Å². The summed E-state index contributed by atoms with van der Waals surface area (Å²) in [5, 5.41) is 13.6. The molecule has 166 valence electrons. The summed E-state index contributed by atoms with van der Waals surface area (Å²) < 4.78 is 0.746. The fourth-order valence-electron chi connectivity index (χ4n) is 3.71. The first-order valence-corrected chi connectivity index (χ1v) is 12.1. The van der Waals surface area contributed by atoms with Gasteiger partial charge < -0.3 is 4.90 Å². The molecule has 0 spiro atoms. The van der Waals surface area contributed by atoms with Gasteiger partial charge in [-0.1, -0.05) is 42.1 Å². The largest absolute Gasteiger partial charge is 0.337 e. The summed E-state index contributed by atoms with van der Waals surface area (Å²) in [5.41, 5.74) is 2.43. The van der Waals surface area contributed by atoms with Gasteiger partial charge in [0, 0.05) is 55.4 Å². The van der Waals surface area contributed by atoms with Crippen molar-refractivity contribution in [3.05, 3.63) is 80.8 Å². The molecule has 0 saturated carbocycles. The quantitative estimate of drug-likeness (QED) is 0.380. The summed E-state index contributed by atoms with van der Waals surface area (Å²) in [6.45, 7) is 5.69. The summed E-state index contributed by atoms with van der Waals surface area (Å²) >= 11 is 2.71. The Balaban J connectivity index is 1.45. The molecule has 0 bridgehead atoms. The summed E-state index contributed by atoms with van der Waals surface area (Å²) in [5.74, 6) is -0.156. The Kier molecular flexibility index (Phi) is 7.19. The summed E-state index contributed by atoms with van der Waals surface area (Å²) in [6, 6.07) is 15.0. The number of amides is 1. The minimum atomic E-state index is -0.427. The smallest absolute Gasteiger partial charge is 0.284 e. The number of rotatable bonds is 6. The first-order chi connectivity index (χ1) is 15.5. The van der Waals surface area contributed by atoms with Crippen molar-refractivity contribution in [2.75, 3.05) is 26.2 Å². The van der Waals surface area contributed by atoms with Crippen LogP contribution in [0.1, 0.15) is 28.0 Å². The van der Waals surface area contributed by atoms with Crippen molar-refractivity contribution in [3.63, 3.8) is 0 Å². The van der Waals surface area contributed by atoms with Crippen LogP contribution in [0.5, 0.6) is 0 Å². The second-order valence-electron chi connectivity index (χ2n) is 7.70. The molecule has 7 nitrogen and oxygen atoms in total. The molecule has 0 N–H and O–H groups in total. The number of benzene rings is 2. The van der Waals surface area contributed by atoms with Gasteiger partial charge in [-0.05, 0) is 31.0 Å². The van der Waals surface area contributed by atoms with Gasteiger partial charge in [-0.3, -0.25) is 19.8 Å². The van der Waals surface area contributed by atoms with Crippen molar-refractivity contribution in [2.45, 2.75) is 29.1 Å². The molecule has 1 fully saturated rings. The Morgan fingerprint density at radius 3 is 2.69 bits per heavy atom. The van der Waals surface area contributed by atoms with Gasteiger partial charge >= 0.3 is 0 Å². The van der Waals surface area contributed by atoms with E-state index in [0.29, 0.717) is 23.5 Å². The van der Waals surface area contributed by atoms with Gasteiger partial charge in [0.15, 0.2) is 4.34 Å². The molecule has 1 saturated heterocycles. The van der Waals surface area contributed by atoms with Gasteiger partial charge in [0.25, 0.3) is 11.6 Å². The number of nitro benzene ring substituents is 1. The zero-order chi connectivity index (χ0) is 22.5. The lowest BCUT2D eigenvalue weighted by molar-refractivity contribution is -0.387. The molecule has 32 heavy (non-hydrogen) atoms. The standard InChI is InChI=1S/C23H24N4O3S2/c1-17-16-31-23(24-17)32-21-9-8-19(14-20(21)27(29)30)22(28)26-11-5-10-25(12-13-26)15-18-6-3-2-4-7-18/h2-4,6-9,14,16H,5,10-13,15H2,1H3. The maximum atomic E-state index is 13.1. The van der Waals surface area contributed by atoms with Gasteiger partial charge in [0.2, 0.25) is 0 Å². The third-order valence-corrected chi connectivity index (χ3v) is 7.44. The summed E-state index contributed by atoms with van der Waals surface area (Å²) in [6.07, 6.45) is 0.873. The van der Waals surface area contributed by atoms with E-state index in [9.17, 15) is 14.9 Å². The minimum absolute atomic E-state index is 0.0609. The van der Waals surface area contributed by atoms with Crippen LogP contribution < -0.4 is 0 Å². The highest BCUT2D eigenvalue weighted by Gasteiger charge is 2.24. The minimum Gasteiger partial charge on any atom is -0.337 e. The van der Waals surface area contributed by atoms with Crippen molar-refractivity contribution >= 4 is 34.7 Å². The highest BCUT2D eigenvalue weighted by Crippen LogP contribution is 2.37. The van der Waals surface area contributed by atoms with E-state index in [2.05, 4.69) is 22.0 Å². The third-order valence-electron chi connectivity index (χ3n) is 5.32. The number of hydrogen-bond donors (Lipinski definition) is 0. The van der Waals surface area contributed by atoms with Crippen LogP contribution in [0.2, 0.25) is 0 Å². The molecule has 1 aliphatic heterocycles. The molecule has 9 heteroatoms. The van der Waals surface area contributed by atoms with Gasteiger partial charge in [-0.2, -0.15) is 0 Å². The molecule has 1 aliphatic rings. The maximum absolute atomic E-state index is 13.1. The molecule has 1 aromatic heterocycles. The molecule has 0 aliphatic carbocycles. The molecule has 0 unspecified atom stereocenters. The Labute approximate surface area is 195 Å². The number of thiazole rings is 1. The van der Waals surface area contributed by atoms with Crippen molar-refractivity contribution in [3.8, 4) is 0 Å². The summed E-state index contributed by atoms with van der Waals surface area (Å²) in [7, 11) is 0. The molecule has 0 radical (unpaired) electrons. The Morgan fingerprint density at radius 2 is 1.97 bits per heavy atom. The van der Waals surface area contributed by atoms with Crippen LogP contribution in [0.3, 0.4) is 0 Å². The normalized spacial score (nSPS) is 14.8. The first kappa shape index (κ1) is 22.4. The molecule has 4 rings (SSSR count). The van der Waals surface area contributed by atoms with E-state index in [1.54, 1.807) is 17.0 Å². The van der Waals surface area contributed by atoms with Crippen molar-refractivity contribution in [1.29, 1.82) is 0 Å². The lowest BCUT2D eigenvalue weighted by atomic mass is 10.1. The van der Waals surface area contributed by atoms with Crippen molar-refractivity contribution in [2.24, 2.45) is 0 Å². The highest BCUT2D eigenvalue weighted by atomic mass is 32.2. The fraction of sp³-hybridized carbons (Fsp3) is 0.304. The predicted octanol–water partition coefficient (Wildman–Crippen LogP) is 4.86. The van der Waals surface area contributed by atoms with Crippen LogP contribution >= 0.6 is 23.1 Å². The molecular formula is C23H24N4O3S2. The van der Waals surface area contributed by atoms with E-state index in [0.717, 1.165) is 36.1 Å². The topological polar surface area (TPSA) is 79.6 Å². The number of carbonyl (C=O) groups excluding carboxylic acids is 1. The van der Waals surface area contributed by atoms with E-state index in [-0.39, 0.29) is 11.6 Å². The van der Waals surface area contributed by atoms with Crippen molar-refractivity contribution < 1.29 is 9.72 Å². The molecule has 3 aromatic rings. The van der Waals surface area contributed by atoms with E-state index < -0.39 is 4.92 Å². The van der Waals surface area contributed by atoms with E-state index in [1.165, 1.54) is 34.7 Å². The number of nitro groups is 1. The second-order valence-corrected chi connectivity index (χ2v) is 9.85. The van der Waals surface area contributed by atoms with Crippen LogP contribution in [0.25, 0.3) is 0 Å². The summed E-state index contributed by atoms with van der Waals surface area (Å²) in [4.78, 5) is 33.4. The maximum Gasteiger partial charge on any atom is 0.284 e. The van der Waals surface area contributed by atoms with Gasteiger partial charge in [0.1, 0.15) is 0 Å². The number of nitrogens with zero attached hydrogens (tertiary/aromatic N) is 4. The Morgan fingerprint density at radius 1 is 1.16 bits per heavy atom. The van der Waals surface area contributed by atoms with Crippen LogP contribution in [0.4, 0.5) is 5.69 Å². The monoisotopic (exact) mass is 468 g/mol. The molecule has 0 atom stereocenters. The molecular weight excluding hydrogens is 444 g/mol. The molecule has 2 aromatic carbocycles. The molecule has 1 amide bonds. The van der Waals surface area contributed by atoms with Crippen LogP contribution in [-0.4, -0.2) is 51.8 Å². The lowest BCUT2D eigenvalue weighted by Gasteiger charge is -2.22. The van der Waals surface area contributed by atoms with E-state index in [1.807, 2.05) is 30.5 Å². The van der Waals surface area contributed by atoms with E-state index >= 15 is 0 Å². The number of hydrogen-bond acceptors (Lipinski definition) is 7. The van der Waals surface area contributed by atoms with Crippen molar-refractivity contribution in [1.82, 2.24) is 14.8 Å². The highest BCUT2D eigenvalue weighted by molar-refractivity contribution is 8.01. The van der Waals surface area contributed by atoms with Crippen LogP contribution in [-0.2, 0) is 6.54 Å². The average molecular weight is 469 g/mol. The molecule has 2 heterocycles. The SMILES string of the molecule is Cc1csc(Sc2ccc(C(=O)N3CCCN(Cc4ccccc4)CC3)cc2[N+](=O)[O-])n1. The fourth-order valence-corrected chi connectivity index (χ4v) is 5.59. The number of aryl methyl sites for hydroxylation is 1. The number of aromatic nitrogens is 1. The third kappa shape index (κ3) is 5.53. The Bertz CT molecular complexity index is 1100. The zero-order valence-electron chi connectivity index (χ0n) is 17.8. The van der Waals surface area contributed by atoms with Crippen LogP contribution in [0, 0.1) is 17.0 Å². The average Bonchev–Trinajstić information content (AvgIpc) is 3.06. The predicted molar refractivity (Wildman–Crippen MR) is 126 cm³/mol. The Hall–Kier alpha value is -2.75.